The third-order valence-corrected chi connectivity index (χ3v) is 6.99. The van der Waals surface area contributed by atoms with Crippen molar-refractivity contribution in [2.45, 2.75) is 58.7 Å². The summed E-state index contributed by atoms with van der Waals surface area (Å²) >= 11 is 0. The quantitative estimate of drug-likeness (QED) is 0.325. The molecule has 25 heteroatoms. The van der Waals surface area contributed by atoms with Gasteiger partial charge < -0.3 is 5.11 Å². The number of nitrogens with zero attached hydrogens (tertiary/aromatic N) is 1. The Bertz CT molecular complexity index is 971. The second kappa shape index (κ2) is 8.00. The zero-order chi connectivity index (χ0) is 30.5. The van der Waals surface area contributed by atoms with Crippen LogP contribution in [-0.4, -0.2) is 89.7 Å². The molecule has 0 radical (unpaired) electrons. The first-order chi connectivity index (χ1) is 15.7. The predicted molar refractivity (Wildman–Crippen MR) is 72.2 cm³/mol. The van der Waals surface area contributed by atoms with Crippen molar-refractivity contribution in [1.82, 2.24) is 4.31 Å². The molecular formula is C12H5F20NO3S. The summed E-state index contributed by atoms with van der Waals surface area (Å²) < 4.78 is 289. The monoisotopic (exact) mass is 623 g/mol. The number of halogens is 20. The minimum Gasteiger partial charge on any atom is -0.395 e. The van der Waals surface area contributed by atoms with Crippen LogP contribution in [0.3, 0.4) is 0 Å². The Balaban J connectivity index is 4.22. The van der Waals surface area contributed by atoms with Crippen molar-refractivity contribution in [3.63, 3.8) is 0 Å². The van der Waals surface area contributed by atoms with Crippen molar-refractivity contribution in [2.24, 2.45) is 0 Å². The summed E-state index contributed by atoms with van der Waals surface area (Å²) in [7, 11) is -9.36. The molecule has 0 aromatic rings. The van der Waals surface area contributed by atoms with Crippen LogP contribution < -0.4 is 0 Å². The number of sulfonamides is 1. The van der Waals surface area contributed by atoms with E-state index in [4.69, 9.17) is 5.11 Å². The van der Waals surface area contributed by atoms with Crippen LogP contribution in [0.25, 0.3) is 0 Å². The number of hydrogen-bond acceptors (Lipinski definition) is 3. The fraction of sp³-hybridized carbons (Fsp3) is 1.00. The third-order valence-electron chi connectivity index (χ3n) is 4.78. The molecule has 4 nitrogen and oxygen atoms in total. The SMILES string of the molecule is O=S(=O)(N(CCO)C(F)(F)C(F)(F)C(F)(F)C(F)(F)F)C1(F)C(F)(F)C(F)(F)C(F)(F)C(F)(F)C1(F)F. The average Bonchev–Trinajstić information content (AvgIpc) is 2.67. The number of rotatable bonds is 7. The van der Waals surface area contributed by atoms with Crippen LogP contribution in [0, 0.1) is 0 Å². The molecule has 0 saturated heterocycles. The number of alkyl halides is 20. The van der Waals surface area contributed by atoms with Crippen LogP contribution in [0.1, 0.15) is 0 Å². The minimum atomic E-state index is -9.36. The van der Waals surface area contributed by atoms with Crippen molar-refractivity contribution in [2.75, 3.05) is 13.2 Å². The van der Waals surface area contributed by atoms with Crippen molar-refractivity contribution < 1.29 is 101 Å². The van der Waals surface area contributed by atoms with Gasteiger partial charge in [-0.2, -0.15) is 83.4 Å². The van der Waals surface area contributed by atoms with Gasteiger partial charge in [0.05, 0.1) is 6.61 Å². The Morgan fingerprint density at radius 3 is 1.14 bits per heavy atom. The molecule has 0 aromatic heterocycles. The van der Waals surface area contributed by atoms with Crippen molar-refractivity contribution >= 4 is 10.0 Å². The summed E-state index contributed by atoms with van der Waals surface area (Å²) in [5.41, 5.74) is 0. The summed E-state index contributed by atoms with van der Waals surface area (Å²) in [5, 5.41) is -0.192. The van der Waals surface area contributed by atoms with Crippen LogP contribution >= 0.6 is 0 Å². The molecule has 1 rings (SSSR count). The molecule has 0 amide bonds. The summed E-state index contributed by atoms with van der Waals surface area (Å²) in [5.74, 6) is -58.6. The Morgan fingerprint density at radius 1 is 0.568 bits per heavy atom. The Morgan fingerprint density at radius 2 is 0.865 bits per heavy atom. The second-order valence-electron chi connectivity index (χ2n) is 6.96. The first kappa shape index (κ1) is 33.5. The van der Waals surface area contributed by atoms with Crippen LogP contribution in [0.15, 0.2) is 0 Å². The van der Waals surface area contributed by atoms with Gasteiger partial charge in [-0.15, -0.1) is 4.31 Å². The molecule has 0 spiro atoms. The van der Waals surface area contributed by atoms with Gasteiger partial charge in [-0.1, -0.05) is 0 Å². The first-order valence-corrected chi connectivity index (χ1v) is 9.55. The first-order valence-electron chi connectivity index (χ1n) is 8.11. The van der Waals surface area contributed by atoms with Crippen LogP contribution in [0.2, 0.25) is 0 Å². The molecule has 0 unspecified atom stereocenters. The molecule has 1 aliphatic carbocycles. The van der Waals surface area contributed by atoms with E-state index in [1.54, 1.807) is 0 Å². The van der Waals surface area contributed by atoms with Gasteiger partial charge in [-0.25, -0.2) is 12.8 Å². The lowest BCUT2D eigenvalue weighted by molar-refractivity contribution is -0.470. The van der Waals surface area contributed by atoms with Gasteiger partial charge in [0, 0.05) is 6.54 Å². The fourth-order valence-electron chi connectivity index (χ4n) is 2.69. The van der Waals surface area contributed by atoms with Gasteiger partial charge in [0.2, 0.25) is 0 Å². The predicted octanol–water partition coefficient (Wildman–Crippen LogP) is 4.89. The van der Waals surface area contributed by atoms with E-state index in [0.29, 0.717) is 0 Å². The van der Waals surface area contributed by atoms with Crippen LogP contribution in [0.4, 0.5) is 87.8 Å². The van der Waals surface area contributed by atoms with E-state index < -0.39 is 86.2 Å². The highest BCUT2D eigenvalue weighted by molar-refractivity contribution is 7.90. The van der Waals surface area contributed by atoms with Gasteiger partial charge in [0.25, 0.3) is 10.0 Å². The molecule has 222 valence electrons. The Kier molecular flexibility index (Phi) is 7.24. The molecule has 1 fully saturated rings. The largest absolute Gasteiger partial charge is 0.460 e. The van der Waals surface area contributed by atoms with Crippen molar-refractivity contribution in [3.05, 3.63) is 0 Å². The average molecular weight is 623 g/mol. The van der Waals surface area contributed by atoms with Gasteiger partial charge in [-0.05, 0) is 0 Å². The Hall–Kier alpha value is -1.53. The lowest BCUT2D eigenvalue weighted by atomic mass is 9.80. The number of aliphatic hydroxyl groups excluding tert-OH is 1. The van der Waals surface area contributed by atoms with Gasteiger partial charge in [0.15, 0.2) is 0 Å². The third kappa shape index (κ3) is 3.39. The zero-order valence-corrected chi connectivity index (χ0v) is 16.9. The van der Waals surface area contributed by atoms with E-state index >= 15 is 0 Å². The maximum Gasteiger partial charge on any atom is 0.460 e. The number of hydrogen-bond donors (Lipinski definition) is 1. The molecule has 0 aliphatic heterocycles. The number of aliphatic hydroxyl groups is 1. The van der Waals surface area contributed by atoms with E-state index in [0.717, 1.165) is 0 Å². The van der Waals surface area contributed by atoms with E-state index in [-0.39, 0.29) is 0 Å². The second-order valence-corrected chi connectivity index (χ2v) is 8.91. The summed E-state index contributed by atoms with van der Waals surface area (Å²) in [6.45, 7) is -6.18. The lowest BCUT2D eigenvalue weighted by Crippen LogP contribution is -2.86. The molecule has 37 heavy (non-hydrogen) atoms. The smallest absolute Gasteiger partial charge is 0.395 e. The summed E-state index contributed by atoms with van der Waals surface area (Å²) in [6, 6.07) is -8.16. The molecule has 1 aliphatic rings. The zero-order valence-electron chi connectivity index (χ0n) is 16.1. The molecule has 0 aromatic carbocycles. The normalized spacial score (nSPS) is 25.2. The summed E-state index contributed by atoms with van der Waals surface area (Å²) in [6.07, 6.45) is -7.86. The molecule has 1 saturated carbocycles. The Labute approximate surface area is 188 Å². The van der Waals surface area contributed by atoms with Gasteiger partial charge in [0.1, 0.15) is 0 Å². The van der Waals surface area contributed by atoms with Crippen molar-refractivity contribution in [1.29, 1.82) is 0 Å². The van der Waals surface area contributed by atoms with Crippen molar-refractivity contribution in [3.8, 4) is 0 Å². The highest BCUT2D eigenvalue weighted by Gasteiger charge is 3.05. The lowest BCUT2D eigenvalue weighted by Gasteiger charge is -2.52. The van der Waals surface area contributed by atoms with E-state index in [9.17, 15) is 96.2 Å². The van der Waals surface area contributed by atoms with E-state index in [1.165, 1.54) is 0 Å². The molecular weight excluding hydrogens is 618 g/mol. The summed E-state index contributed by atoms with van der Waals surface area (Å²) in [4.78, 5) is 0. The maximum absolute atomic E-state index is 14.8. The van der Waals surface area contributed by atoms with Gasteiger partial charge in [-0.3, -0.25) is 0 Å². The molecule has 1 N–H and O–H groups in total. The topological polar surface area (TPSA) is 57.6 Å². The highest BCUT2D eigenvalue weighted by Crippen LogP contribution is 2.71. The highest BCUT2D eigenvalue weighted by atomic mass is 32.2. The molecule has 0 atom stereocenters. The van der Waals surface area contributed by atoms with E-state index in [2.05, 4.69) is 0 Å². The van der Waals surface area contributed by atoms with Crippen LogP contribution in [0.5, 0.6) is 0 Å². The van der Waals surface area contributed by atoms with Crippen LogP contribution in [-0.2, 0) is 10.0 Å². The van der Waals surface area contributed by atoms with E-state index in [1.807, 2.05) is 0 Å². The maximum atomic E-state index is 14.8. The molecule has 0 heterocycles. The molecule has 0 bridgehead atoms. The van der Waals surface area contributed by atoms with Gasteiger partial charge >= 0.3 is 58.7 Å². The minimum absolute atomic E-state index is 2.74. The standard InChI is InChI=1S/C12H5F20NO3S/c13-3(14)4(15,16)6(19,20)10(27,7(21,22)5(3,17)18)37(35,36)33(1-2-34)12(31,32)9(25,26)8(23,24)11(28,29)30/h34H,1-2H2. The fourth-order valence-corrected chi connectivity index (χ4v) is 4.64.